The lowest BCUT2D eigenvalue weighted by atomic mass is 10.2. The average Bonchev–Trinajstić information content (AvgIpc) is 3.14. The Hall–Kier alpha value is -2.46. The first-order valence-electron chi connectivity index (χ1n) is 7.56. The Morgan fingerprint density at radius 1 is 1.28 bits per heavy atom. The van der Waals surface area contributed by atoms with Gasteiger partial charge < -0.3 is 9.45 Å². The summed E-state index contributed by atoms with van der Waals surface area (Å²) in [7, 11) is -1.90. The van der Waals surface area contributed by atoms with E-state index >= 15 is 0 Å². The fraction of sp³-hybridized carbons (Fsp3) is 0.400. The van der Waals surface area contributed by atoms with Crippen LogP contribution < -0.4 is 9.47 Å². The number of hydrogen-bond donors (Lipinski definition) is 0. The van der Waals surface area contributed by atoms with Crippen molar-refractivity contribution in [3.8, 4) is 0 Å². The predicted octanol–water partition coefficient (Wildman–Crippen LogP) is 0.834. The van der Waals surface area contributed by atoms with Gasteiger partial charge >= 0.3 is 0 Å². The van der Waals surface area contributed by atoms with Crippen LogP contribution in [0.1, 0.15) is 12.5 Å². The van der Waals surface area contributed by atoms with Crippen LogP contribution in [0.4, 0.5) is 11.4 Å². The smallest absolute Gasteiger partial charge is 0.269 e. The molecule has 1 aromatic heterocycles. The van der Waals surface area contributed by atoms with E-state index in [0.717, 1.165) is 25.2 Å². The van der Waals surface area contributed by atoms with E-state index in [2.05, 4.69) is 22.0 Å². The number of imidazole rings is 1. The van der Waals surface area contributed by atoms with Crippen molar-refractivity contribution in [3.05, 3.63) is 53.1 Å². The van der Waals surface area contributed by atoms with Crippen molar-refractivity contribution in [3.63, 3.8) is 0 Å². The van der Waals surface area contributed by atoms with Crippen LogP contribution in [-0.2, 0) is 17.2 Å². The molecule has 1 fully saturated rings. The molecule has 0 N–H and O–H groups in total. The lowest BCUT2D eigenvalue weighted by Crippen LogP contribution is -2.39. The third-order valence-corrected chi connectivity index (χ3v) is 3.80. The Bertz CT molecular complexity index is 824. The topological polar surface area (TPSA) is 112 Å². The summed E-state index contributed by atoms with van der Waals surface area (Å²) >= 11 is 0. The molecule has 0 spiro atoms. The fourth-order valence-corrected chi connectivity index (χ4v) is 2.69. The van der Waals surface area contributed by atoms with Crippen molar-refractivity contribution in [1.29, 1.82) is 0 Å². The third kappa shape index (κ3) is 5.84. The van der Waals surface area contributed by atoms with Crippen LogP contribution >= 0.6 is 0 Å². The molecule has 10 heteroatoms. The SMILES string of the molecule is CS(=O)(=O)[O-].Cn1cc[n+]([C@H]2CCN(c3ccc([N+](=O)[O-])cc3)C2)c1. The van der Waals surface area contributed by atoms with Crippen molar-refractivity contribution in [2.75, 3.05) is 24.2 Å². The molecule has 0 saturated carbocycles. The van der Waals surface area contributed by atoms with Gasteiger partial charge in [0, 0.05) is 37.0 Å². The molecule has 136 valence electrons. The highest BCUT2D eigenvalue weighted by atomic mass is 32.2. The third-order valence-electron chi connectivity index (χ3n) is 3.80. The minimum Gasteiger partial charge on any atom is -0.748 e. The second kappa shape index (κ2) is 7.62. The van der Waals surface area contributed by atoms with Crippen LogP contribution in [0.2, 0.25) is 0 Å². The Balaban J connectivity index is 0.000000399. The molecule has 0 radical (unpaired) electrons. The van der Waals surface area contributed by atoms with E-state index < -0.39 is 10.1 Å². The second-order valence-corrected chi connectivity index (χ2v) is 7.30. The van der Waals surface area contributed by atoms with Gasteiger partial charge in [-0.05, 0) is 12.1 Å². The number of nitro groups is 1. The average molecular weight is 368 g/mol. The molecule has 0 bridgehead atoms. The van der Waals surface area contributed by atoms with Gasteiger partial charge in [0.1, 0.15) is 18.4 Å². The van der Waals surface area contributed by atoms with Gasteiger partial charge in [-0.1, -0.05) is 0 Å². The first kappa shape index (κ1) is 18.9. The lowest BCUT2D eigenvalue weighted by Gasteiger charge is -2.17. The van der Waals surface area contributed by atoms with E-state index in [4.69, 9.17) is 13.0 Å². The van der Waals surface area contributed by atoms with Crippen LogP contribution in [0.3, 0.4) is 0 Å². The first-order chi connectivity index (χ1) is 11.6. The van der Waals surface area contributed by atoms with Crippen LogP contribution in [0.25, 0.3) is 0 Å². The number of nitro benzene ring substituents is 1. The Kier molecular flexibility index (Phi) is 5.75. The molecule has 25 heavy (non-hydrogen) atoms. The molecule has 1 atom stereocenters. The highest BCUT2D eigenvalue weighted by Gasteiger charge is 2.27. The molecular formula is C15H20N4O5S. The summed E-state index contributed by atoms with van der Waals surface area (Å²) in [5.74, 6) is 0. The minimum atomic E-state index is -3.92. The normalized spacial score (nSPS) is 17.1. The number of hydrogen-bond acceptors (Lipinski definition) is 6. The molecule has 3 rings (SSSR count). The van der Waals surface area contributed by atoms with Gasteiger partial charge in [-0.3, -0.25) is 10.1 Å². The van der Waals surface area contributed by atoms with Crippen LogP contribution in [0.5, 0.6) is 0 Å². The Morgan fingerprint density at radius 2 is 1.88 bits per heavy atom. The van der Waals surface area contributed by atoms with Crippen LogP contribution in [0.15, 0.2) is 43.0 Å². The molecule has 2 heterocycles. The lowest BCUT2D eigenvalue weighted by molar-refractivity contribution is -0.718. The fourth-order valence-electron chi connectivity index (χ4n) is 2.69. The number of rotatable bonds is 3. The first-order valence-corrected chi connectivity index (χ1v) is 9.38. The zero-order chi connectivity index (χ0) is 18.6. The highest BCUT2D eigenvalue weighted by molar-refractivity contribution is 7.84. The van der Waals surface area contributed by atoms with Gasteiger partial charge in [-0.2, -0.15) is 0 Å². The summed E-state index contributed by atoms with van der Waals surface area (Å²) in [6.07, 6.45) is 7.90. The zero-order valence-electron chi connectivity index (χ0n) is 14.0. The van der Waals surface area contributed by atoms with Gasteiger partial charge in [0.2, 0.25) is 6.33 Å². The summed E-state index contributed by atoms with van der Waals surface area (Å²) < 4.78 is 31.5. The Labute approximate surface area is 146 Å². The van der Waals surface area contributed by atoms with Crippen molar-refractivity contribution in [1.82, 2.24) is 4.57 Å². The second-order valence-electron chi connectivity index (χ2n) is 5.89. The number of benzene rings is 1. The number of aromatic nitrogens is 2. The minimum absolute atomic E-state index is 0.141. The van der Waals surface area contributed by atoms with Gasteiger partial charge in [0.05, 0.1) is 28.6 Å². The van der Waals surface area contributed by atoms with E-state index in [9.17, 15) is 10.1 Å². The quantitative estimate of drug-likeness (QED) is 0.343. The van der Waals surface area contributed by atoms with E-state index in [0.29, 0.717) is 12.3 Å². The van der Waals surface area contributed by atoms with Crippen molar-refractivity contribution >= 4 is 21.5 Å². The molecule has 1 aromatic carbocycles. The maximum Gasteiger partial charge on any atom is 0.269 e. The molecule has 1 saturated heterocycles. The summed E-state index contributed by atoms with van der Waals surface area (Å²) in [5.41, 5.74) is 1.19. The number of aryl methyl sites for hydroxylation is 1. The molecule has 1 aliphatic heterocycles. The van der Waals surface area contributed by atoms with E-state index in [1.165, 1.54) is 0 Å². The number of anilines is 1. The van der Waals surface area contributed by atoms with Gasteiger partial charge in [0.15, 0.2) is 0 Å². The summed E-state index contributed by atoms with van der Waals surface area (Å²) in [6, 6.07) is 7.26. The molecule has 0 amide bonds. The number of non-ortho nitro benzene ring substituents is 1. The summed E-state index contributed by atoms with van der Waals surface area (Å²) in [4.78, 5) is 12.6. The van der Waals surface area contributed by atoms with E-state index in [1.54, 1.807) is 12.1 Å². The Morgan fingerprint density at radius 3 is 2.36 bits per heavy atom. The molecule has 0 aliphatic carbocycles. The van der Waals surface area contributed by atoms with Crippen molar-refractivity contribution in [2.24, 2.45) is 7.05 Å². The summed E-state index contributed by atoms with van der Waals surface area (Å²) in [6.45, 7) is 1.91. The van der Waals surface area contributed by atoms with Gasteiger partial charge in [-0.15, -0.1) is 0 Å². The van der Waals surface area contributed by atoms with Crippen molar-refractivity contribution in [2.45, 2.75) is 12.5 Å². The summed E-state index contributed by atoms with van der Waals surface area (Å²) in [5, 5.41) is 10.7. The maximum absolute atomic E-state index is 10.7. The largest absolute Gasteiger partial charge is 0.748 e. The maximum atomic E-state index is 10.7. The molecule has 1 aliphatic rings. The number of nitrogens with zero attached hydrogens (tertiary/aromatic N) is 4. The molecule has 2 aromatic rings. The van der Waals surface area contributed by atoms with Gasteiger partial charge in [0.25, 0.3) is 5.69 Å². The molecule has 0 unspecified atom stereocenters. The molecule has 9 nitrogen and oxygen atoms in total. The predicted molar refractivity (Wildman–Crippen MR) is 90.2 cm³/mol. The standard InChI is InChI=1S/C14H17N4O2.CH4O3S/c1-15-8-9-17(11-15)14-6-7-16(10-14)12-2-4-13(5-3-12)18(19)20;1-5(2,3)4/h2-5,8-9,11,14H,6-7,10H2,1H3;1H3,(H,2,3,4)/q+1;/p-1/t14-;/m0./s1. The monoisotopic (exact) mass is 368 g/mol. The van der Waals surface area contributed by atoms with E-state index in [1.807, 2.05) is 29.9 Å². The van der Waals surface area contributed by atoms with E-state index in [-0.39, 0.29) is 10.6 Å². The zero-order valence-corrected chi connectivity index (χ0v) is 14.8. The highest BCUT2D eigenvalue weighted by Crippen LogP contribution is 2.25. The molecular weight excluding hydrogens is 348 g/mol. The van der Waals surface area contributed by atoms with Crippen molar-refractivity contribution < 1.29 is 22.5 Å². The van der Waals surface area contributed by atoms with Crippen LogP contribution in [-0.4, -0.2) is 41.8 Å². The van der Waals surface area contributed by atoms with Gasteiger partial charge in [-0.25, -0.2) is 17.6 Å². The van der Waals surface area contributed by atoms with Crippen LogP contribution in [0, 0.1) is 10.1 Å².